The second-order valence-corrected chi connectivity index (χ2v) is 5.26. The molecular weight excluding hydrogens is 280 g/mol. The number of carbonyl (C=O) groups is 1. The molecule has 0 radical (unpaired) electrons. The molecule has 0 aliphatic rings. The molecule has 2 aromatic carbocycles. The summed E-state index contributed by atoms with van der Waals surface area (Å²) in [4.78, 5) is 23.1. The van der Waals surface area contributed by atoms with Crippen LogP contribution in [0.3, 0.4) is 0 Å². The van der Waals surface area contributed by atoms with Gasteiger partial charge >= 0.3 is 0 Å². The van der Waals surface area contributed by atoms with Gasteiger partial charge in [0.1, 0.15) is 0 Å². The maximum atomic E-state index is 12.7. The molecule has 5 heteroatoms. The van der Waals surface area contributed by atoms with Crippen molar-refractivity contribution in [2.24, 2.45) is 7.05 Å². The first-order chi connectivity index (χ1) is 10.5. The van der Waals surface area contributed by atoms with E-state index in [9.17, 15) is 14.9 Å². The average Bonchev–Trinajstić information content (AvgIpc) is 2.84. The van der Waals surface area contributed by atoms with Gasteiger partial charge in [0.15, 0.2) is 5.78 Å². The van der Waals surface area contributed by atoms with Crippen LogP contribution in [0.4, 0.5) is 5.69 Å². The third-order valence-corrected chi connectivity index (χ3v) is 3.80. The van der Waals surface area contributed by atoms with Gasteiger partial charge in [-0.05, 0) is 25.1 Å². The van der Waals surface area contributed by atoms with Crippen molar-refractivity contribution in [3.05, 3.63) is 75.5 Å². The number of benzene rings is 2. The van der Waals surface area contributed by atoms with Gasteiger partial charge in [-0.25, -0.2) is 0 Å². The predicted octanol–water partition coefficient (Wildman–Crippen LogP) is 3.63. The van der Waals surface area contributed by atoms with Crippen LogP contribution >= 0.6 is 0 Å². The van der Waals surface area contributed by atoms with Gasteiger partial charge in [0.25, 0.3) is 5.69 Å². The second-order valence-electron chi connectivity index (χ2n) is 5.26. The number of para-hydroxylation sites is 1. The van der Waals surface area contributed by atoms with Crippen molar-refractivity contribution in [1.82, 2.24) is 4.57 Å². The molecule has 3 aromatic rings. The molecule has 0 saturated carbocycles. The van der Waals surface area contributed by atoms with Gasteiger partial charge in [-0.2, -0.15) is 0 Å². The number of aromatic nitrogens is 1. The van der Waals surface area contributed by atoms with E-state index in [1.54, 1.807) is 19.2 Å². The molecule has 0 amide bonds. The molecule has 1 aromatic heterocycles. The fourth-order valence-electron chi connectivity index (χ4n) is 2.68. The van der Waals surface area contributed by atoms with Crippen LogP contribution in [0.5, 0.6) is 0 Å². The van der Waals surface area contributed by atoms with Crippen molar-refractivity contribution in [3.8, 4) is 0 Å². The number of aryl methyl sites for hydroxylation is 2. The Balaban J connectivity index is 2.10. The third kappa shape index (κ3) is 2.16. The van der Waals surface area contributed by atoms with Gasteiger partial charge in [-0.1, -0.05) is 18.2 Å². The number of fused-ring (bicyclic) bond motifs is 1. The van der Waals surface area contributed by atoms with E-state index in [-0.39, 0.29) is 11.5 Å². The van der Waals surface area contributed by atoms with Crippen molar-refractivity contribution >= 4 is 22.4 Å². The fourth-order valence-corrected chi connectivity index (χ4v) is 2.68. The molecule has 0 aliphatic heterocycles. The maximum Gasteiger partial charge on any atom is 0.272 e. The summed E-state index contributed by atoms with van der Waals surface area (Å²) in [5.74, 6) is -0.130. The number of nitro groups is 1. The first-order valence-corrected chi connectivity index (χ1v) is 6.83. The molecule has 3 rings (SSSR count). The lowest BCUT2D eigenvalue weighted by Gasteiger charge is -2.02. The predicted molar refractivity (Wildman–Crippen MR) is 84.2 cm³/mol. The quantitative estimate of drug-likeness (QED) is 0.421. The molecule has 0 fully saturated rings. The van der Waals surface area contributed by atoms with Crippen LogP contribution in [-0.2, 0) is 7.05 Å². The van der Waals surface area contributed by atoms with Gasteiger partial charge in [0, 0.05) is 46.9 Å². The Labute approximate surface area is 126 Å². The summed E-state index contributed by atoms with van der Waals surface area (Å²) in [5, 5.41) is 11.7. The van der Waals surface area contributed by atoms with E-state index in [0.29, 0.717) is 16.7 Å². The molecule has 0 saturated heterocycles. The molecule has 1 heterocycles. The maximum absolute atomic E-state index is 12.7. The molecule has 110 valence electrons. The Morgan fingerprint density at radius 2 is 1.91 bits per heavy atom. The summed E-state index contributed by atoms with van der Waals surface area (Å²) in [6.45, 7) is 1.64. The number of carbonyl (C=O) groups excluding carboxylic acids is 1. The Kier molecular flexibility index (Phi) is 3.25. The molecular formula is C17H14N2O3. The SMILES string of the molecule is Cc1cc(C(=O)c2cn(C)c3ccccc23)ccc1[N+](=O)[O-]. The molecule has 5 nitrogen and oxygen atoms in total. The lowest BCUT2D eigenvalue weighted by atomic mass is 10.0. The van der Waals surface area contributed by atoms with Crippen molar-refractivity contribution in [3.63, 3.8) is 0 Å². The largest absolute Gasteiger partial charge is 0.350 e. The number of ketones is 1. The zero-order chi connectivity index (χ0) is 15.9. The first kappa shape index (κ1) is 14.0. The number of hydrogen-bond donors (Lipinski definition) is 0. The molecule has 0 bridgehead atoms. The van der Waals surface area contributed by atoms with Gasteiger partial charge in [-0.3, -0.25) is 14.9 Å². The lowest BCUT2D eigenvalue weighted by molar-refractivity contribution is -0.385. The normalized spacial score (nSPS) is 10.8. The highest BCUT2D eigenvalue weighted by molar-refractivity contribution is 6.16. The lowest BCUT2D eigenvalue weighted by Crippen LogP contribution is -2.02. The van der Waals surface area contributed by atoms with Crippen LogP contribution in [0.15, 0.2) is 48.7 Å². The zero-order valence-corrected chi connectivity index (χ0v) is 12.2. The summed E-state index contributed by atoms with van der Waals surface area (Å²) in [6, 6.07) is 12.1. The van der Waals surface area contributed by atoms with E-state index in [0.717, 1.165) is 10.9 Å². The molecule has 22 heavy (non-hydrogen) atoms. The average molecular weight is 294 g/mol. The van der Waals surface area contributed by atoms with Gasteiger partial charge in [0.05, 0.1) is 4.92 Å². The summed E-state index contributed by atoms with van der Waals surface area (Å²) in [7, 11) is 1.89. The van der Waals surface area contributed by atoms with Crippen LogP contribution in [0, 0.1) is 17.0 Å². The summed E-state index contributed by atoms with van der Waals surface area (Å²) in [5.41, 5.74) is 2.54. The summed E-state index contributed by atoms with van der Waals surface area (Å²) in [6.07, 6.45) is 1.80. The van der Waals surface area contributed by atoms with Crippen molar-refractivity contribution < 1.29 is 9.72 Å². The van der Waals surface area contributed by atoms with E-state index < -0.39 is 4.92 Å². The van der Waals surface area contributed by atoms with Gasteiger partial charge in [-0.15, -0.1) is 0 Å². The Hall–Kier alpha value is -2.95. The number of nitro benzene ring substituents is 1. The minimum atomic E-state index is -0.443. The van der Waals surface area contributed by atoms with Gasteiger partial charge in [0.2, 0.25) is 0 Å². The van der Waals surface area contributed by atoms with Crippen LogP contribution < -0.4 is 0 Å². The van der Waals surface area contributed by atoms with E-state index >= 15 is 0 Å². The minimum Gasteiger partial charge on any atom is -0.350 e. The number of nitrogens with zero attached hydrogens (tertiary/aromatic N) is 2. The fraction of sp³-hybridized carbons (Fsp3) is 0.118. The second kappa shape index (κ2) is 5.11. The minimum absolute atomic E-state index is 0.0227. The van der Waals surface area contributed by atoms with E-state index in [4.69, 9.17) is 0 Å². The Bertz CT molecular complexity index is 909. The van der Waals surface area contributed by atoms with Gasteiger partial charge < -0.3 is 4.57 Å². The molecule has 0 spiro atoms. The molecule has 0 aliphatic carbocycles. The number of rotatable bonds is 3. The monoisotopic (exact) mass is 294 g/mol. The zero-order valence-electron chi connectivity index (χ0n) is 12.2. The third-order valence-electron chi connectivity index (χ3n) is 3.80. The summed E-state index contributed by atoms with van der Waals surface area (Å²) < 4.78 is 1.90. The van der Waals surface area contributed by atoms with Crippen LogP contribution in [0.25, 0.3) is 10.9 Å². The van der Waals surface area contributed by atoms with E-state index in [1.165, 1.54) is 12.1 Å². The molecule has 0 unspecified atom stereocenters. The first-order valence-electron chi connectivity index (χ1n) is 6.83. The van der Waals surface area contributed by atoms with E-state index in [2.05, 4.69) is 0 Å². The highest BCUT2D eigenvalue weighted by Gasteiger charge is 2.18. The summed E-state index contributed by atoms with van der Waals surface area (Å²) >= 11 is 0. The Morgan fingerprint density at radius 3 is 2.59 bits per heavy atom. The van der Waals surface area contributed by atoms with Crippen LogP contribution in [-0.4, -0.2) is 15.3 Å². The number of hydrogen-bond acceptors (Lipinski definition) is 3. The van der Waals surface area contributed by atoms with E-state index in [1.807, 2.05) is 35.9 Å². The molecule has 0 atom stereocenters. The van der Waals surface area contributed by atoms with Crippen molar-refractivity contribution in [1.29, 1.82) is 0 Å². The smallest absolute Gasteiger partial charge is 0.272 e. The van der Waals surface area contributed by atoms with Crippen molar-refractivity contribution in [2.75, 3.05) is 0 Å². The Morgan fingerprint density at radius 1 is 1.18 bits per heavy atom. The molecule has 0 N–H and O–H groups in total. The van der Waals surface area contributed by atoms with Crippen molar-refractivity contribution in [2.45, 2.75) is 6.92 Å². The topological polar surface area (TPSA) is 65.1 Å². The van der Waals surface area contributed by atoms with Crippen LogP contribution in [0.1, 0.15) is 21.5 Å². The highest BCUT2D eigenvalue weighted by Crippen LogP contribution is 2.25. The highest BCUT2D eigenvalue weighted by atomic mass is 16.6. The standard InChI is InChI=1S/C17H14N2O3/c1-11-9-12(7-8-15(11)19(21)22)17(20)14-10-18(2)16-6-4-3-5-13(14)16/h3-10H,1-2H3. The van der Waals surface area contributed by atoms with Crippen LogP contribution in [0.2, 0.25) is 0 Å².